The molecule has 0 aromatic carbocycles. The Morgan fingerprint density at radius 2 is 2.60 bits per heavy atom. The summed E-state index contributed by atoms with van der Waals surface area (Å²) in [6, 6.07) is 0.496. The van der Waals surface area contributed by atoms with E-state index in [1.807, 2.05) is 0 Å². The summed E-state index contributed by atoms with van der Waals surface area (Å²) in [7, 11) is 2.07. The molecule has 0 aliphatic carbocycles. The summed E-state index contributed by atoms with van der Waals surface area (Å²) < 4.78 is 0. The Kier molecular flexibility index (Phi) is 2.54. The zero-order valence-electron chi connectivity index (χ0n) is 6.19. The van der Waals surface area contributed by atoms with Crippen LogP contribution in [0, 0.1) is 0 Å². The van der Waals surface area contributed by atoms with Crippen LogP contribution in [0.5, 0.6) is 0 Å². The van der Waals surface area contributed by atoms with Crippen molar-refractivity contribution in [2.75, 3.05) is 20.1 Å². The van der Waals surface area contributed by atoms with Crippen molar-refractivity contribution in [3.05, 3.63) is 10.4 Å². The molecule has 4 nitrogen and oxygen atoms in total. The predicted molar refractivity (Wildman–Crippen MR) is 39.7 cm³/mol. The number of nitrogens with zero attached hydrogens (tertiary/aromatic N) is 4. The van der Waals surface area contributed by atoms with Gasteiger partial charge in [0.1, 0.15) is 0 Å². The minimum absolute atomic E-state index is 0.496. The average Bonchev–Trinajstić information content (AvgIpc) is 2.31. The van der Waals surface area contributed by atoms with E-state index >= 15 is 0 Å². The lowest BCUT2D eigenvalue weighted by atomic mass is 10.2. The van der Waals surface area contributed by atoms with Gasteiger partial charge in [-0.15, -0.1) is 0 Å². The van der Waals surface area contributed by atoms with Crippen molar-refractivity contribution in [2.45, 2.75) is 18.9 Å². The Bertz CT molecular complexity index is 150. The maximum atomic E-state index is 8.05. The summed E-state index contributed by atoms with van der Waals surface area (Å²) in [6.45, 7) is 1.78. The third-order valence-corrected chi connectivity index (χ3v) is 2.03. The van der Waals surface area contributed by atoms with Crippen molar-refractivity contribution in [2.24, 2.45) is 5.11 Å². The van der Waals surface area contributed by atoms with Crippen LogP contribution in [-0.2, 0) is 0 Å². The first-order valence-electron chi connectivity index (χ1n) is 3.55. The molecule has 0 bridgehead atoms. The van der Waals surface area contributed by atoms with Crippen LogP contribution < -0.4 is 0 Å². The molecular weight excluding hydrogens is 128 g/mol. The van der Waals surface area contributed by atoms with E-state index in [2.05, 4.69) is 22.0 Å². The van der Waals surface area contributed by atoms with Crippen molar-refractivity contribution in [1.29, 1.82) is 0 Å². The fraction of sp³-hybridized carbons (Fsp3) is 1.00. The molecule has 0 spiro atoms. The summed E-state index contributed by atoms with van der Waals surface area (Å²) in [4.78, 5) is 4.98. The number of rotatable bonds is 2. The Morgan fingerprint density at radius 1 is 1.80 bits per heavy atom. The number of likely N-dealkylation sites (N-methyl/N-ethyl adjacent to an activating group) is 1. The van der Waals surface area contributed by atoms with E-state index in [1.165, 1.54) is 12.8 Å². The van der Waals surface area contributed by atoms with Gasteiger partial charge in [0, 0.05) is 17.5 Å². The van der Waals surface area contributed by atoms with Crippen LogP contribution >= 0.6 is 0 Å². The molecule has 0 amide bonds. The van der Waals surface area contributed by atoms with E-state index in [0.29, 0.717) is 12.6 Å². The maximum absolute atomic E-state index is 8.05. The number of hydrogen-bond acceptors (Lipinski definition) is 2. The van der Waals surface area contributed by atoms with E-state index in [0.717, 1.165) is 6.54 Å². The molecule has 1 aliphatic heterocycles. The molecule has 0 saturated carbocycles. The van der Waals surface area contributed by atoms with Crippen LogP contribution in [0.3, 0.4) is 0 Å². The van der Waals surface area contributed by atoms with Gasteiger partial charge in [-0.3, -0.25) is 0 Å². The topological polar surface area (TPSA) is 52.0 Å². The first-order valence-corrected chi connectivity index (χ1v) is 3.55. The predicted octanol–water partition coefficient (Wildman–Crippen LogP) is 1.39. The van der Waals surface area contributed by atoms with Crippen molar-refractivity contribution in [3.63, 3.8) is 0 Å². The first kappa shape index (κ1) is 7.38. The van der Waals surface area contributed by atoms with Crippen LogP contribution in [-0.4, -0.2) is 31.1 Å². The number of azide groups is 1. The van der Waals surface area contributed by atoms with Crippen molar-refractivity contribution >= 4 is 0 Å². The summed E-state index contributed by atoms with van der Waals surface area (Å²) in [5.74, 6) is 0. The Morgan fingerprint density at radius 3 is 3.10 bits per heavy atom. The molecule has 1 aliphatic rings. The van der Waals surface area contributed by atoms with E-state index in [4.69, 9.17) is 5.53 Å². The highest BCUT2D eigenvalue weighted by Gasteiger charge is 2.19. The Labute approximate surface area is 60.5 Å². The van der Waals surface area contributed by atoms with Gasteiger partial charge < -0.3 is 4.90 Å². The van der Waals surface area contributed by atoms with Gasteiger partial charge in [0.05, 0.1) is 0 Å². The highest BCUT2D eigenvalue weighted by molar-refractivity contribution is 4.77. The maximum Gasteiger partial charge on any atom is 0.0414 e. The SMILES string of the molecule is CN1CCCC1CN=[N+]=[N-]. The van der Waals surface area contributed by atoms with Gasteiger partial charge in [-0.1, -0.05) is 5.11 Å². The lowest BCUT2D eigenvalue weighted by molar-refractivity contribution is 0.317. The molecule has 10 heavy (non-hydrogen) atoms. The quantitative estimate of drug-likeness (QED) is 0.325. The molecule has 56 valence electrons. The van der Waals surface area contributed by atoms with Gasteiger partial charge in [0.25, 0.3) is 0 Å². The molecule has 0 aromatic rings. The minimum Gasteiger partial charge on any atom is -0.303 e. The van der Waals surface area contributed by atoms with Crippen LogP contribution in [0.25, 0.3) is 10.4 Å². The normalized spacial score (nSPS) is 26.3. The van der Waals surface area contributed by atoms with E-state index < -0.39 is 0 Å². The average molecular weight is 140 g/mol. The molecule has 1 heterocycles. The fourth-order valence-electron chi connectivity index (χ4n) is 1.34. The van der Waals surface area contributed by atoms with Crippen LogP contribution in [0.15, 0.2) is 5.11 Å². The Hall–Kier alpha value is -0.730. The van der Waals surface area contributed by atoms with Gasteiger partial charge in [-0.2, -0.15) is 0 Å². The second kappa shape index (κ2) is 3.44. The smallest absolute Gasteiger partial charge is 0.0414 e. The lowest BCUT2D eigenvalue weighted by Crippen LogP contribution is -2.27. The second-order valence-corrected chi connectivity index (χ2v) is 2.69. The van der Waals surface area contributed by atoms with Crippen molar-refractivity contribution in [3.8, 4) is 0 Å². The van der Waals surface area contributed by atoms with E-state index in [9.17, 15) is 0 Å². The van der Waals surface area contributed by atoms with Crippen molar-refractivity contribution < 1.29 is 0 Å². The van der Waals surface area contributed by atoms with Gasteiger partial charge in [-0.25, -0.2) is 0 Å². The van der Waals surface area contributed by atoms with Crippen LogP contribution in [0.2, 0.25) is 0 Å². The lowest BCUT2D eigenvalue weighted by Gasteiger charge is -2.15. The van der Waals surface area contributed by atoms with Crippen LogP contribution in [0.4, 0.5) is 0 Å². The van der Waals surface area contributed by atoms with E-state index in [1.54, 1.807) is 0 Å². The summed E-state index contributed by atoms with van der Waals surface area (Å²) in [5, 5.41) is 3.54. The Balaban J connectivity index is 2.32. The number of hydrogen-bond donors (Lipinski definition) is 0. The molecular formula is C6H12N4. The summed E-state index contributed by atoms with van der Waals surface area (Å²) in [6.07, 6.45) is 2.41. The molecule has 1 saturated heterocycles. The zero-order chi connectivity index (χ0) is 7.40. The van der Waals surface area contributed by atoms with Gasteiger partial charge >= 0.3 is 0 Å². The van der Waals surface area contributed by atoms with Gasteiger partial charge in [0.15, 0.2) is 0 Å². The van der Waals surface area contributed by atoms with E-state index in [-0.39, 0.29) is 0 Å². The molecule has 1 unspecified atom stereocenters. The third-order valence-electron chi connectivity index (χ3n) is 2.03. The molecule has 0 aromatic heterocycles. The third kappa shape index (κ3) is 1.62. The van der Waals surface area contributed by atoms with Gasteiger partial charge in [-0.05, 0) is 32.0 Å². The van der Waals surface area contributed by atoms with Crippen LogP contribution in [0.1, 0.15) is 12.8 Å². The molecule has 1 atom stereocenters. The van der Waals surface area contributed by atoms with Crippen molar-refractivity contribution in [1.82, 2.24) is 4.90 Å². The highest BCUT2D eigenvalue weighted by Crippen LogP contribution is 2.14. The van der Waals surface area contributed by atoms with Gasteiger partial charge in [0.2, 0.25) is 0 Å². The minimum atomic E-state index is 0.496. The second-order valence-electron chi connectivity index (χ2n) is 2.69. The molecule has 0 N–H and O–H groups in total. The molecule has 1 rings (SSSR count). The molecule has 0 radical (unpaired) electrons. The monoisotopic (exact) mass is 140 g/mol. The fourth-order valence-corrected chi connectivity index (χ4v) is 1.34. The molecule has 4 heteroatoms. The number of likely N-dealkylation sites (tertiary alicyclic amines) is 1. The summed E-state index contributed by atoms with van der Waals surface area (Å²) in [5.41, 5.74) is 8.05. The molecule has 1 fully saturated rings. The zero-order valence-corrected chi connectivity index (χ0v) is 6.19. The highest BCUT2D eigenvalue weighted by atomic mass is 15.2. The first-order chi connectivity index (χ1) is 4.84. The largest absolute Gasteiger partial charge is 0.303 e. The summed E-state index contributed by atoms with van der Waals surface area (Å²) >= 11 is 0. The standard InChI is InChI=1S/C6H12N4/c1-10-4-2-3-6(10)5-8-9-7/h6H,2-5H2,1H3.